The average Bonchev–Trinajstić information content (AvgIpc) is 3.35. The number of nitrogens with zero attached hydrogens (tertiary/aromatic N) is 1. The van der Waals surface area contributed by atoms with Crippen molar-refractivity contribution in [2.75, 3.05) is 13.2 Å². The van der Waals surface area contributed by atoms with Crippen LogP contribution in [-0.4, -0.2) is 19.4 Å². The predicted octanol–water partition coefficient (Wildman–Crippen LogP) is 8.53. The van der Waals surface area contributed by atoms with E-state index in [9.17, 15) is 0 Å². The molecule has 0 saturated carbocycles. The molecule has 5 rings (SSSR count). The molecule has 4 heterocycles. The van der Waals surface area contributed by atoms with E-state index < -0.39 is 0 Å². The van der Waals surface area contributed by atoms with Crippen LogP contribution in [0.1, 0.15) is 71.2 Å². The standard InChI is InChI=1S/C8H9.C6H9N.C6H5N.C6H8O.C5H5N.4CH4.4Y/c1-7-5-3-4-6-8(7)2;3*1-6-2-4-7-5-3-6;1-5-2-3-6-4-5;;;;;;;;/h3,5-6H,1-2H3;2-3,6-7H,4H2,1H3;2,5H,1H3;2-3,6H,4H2,1H3;2,6H,1H3;4*1H4;;;;/q+1;;;;;;;;;;;;. The molecule has 2 atom stereocenters. The Morgan fingerprint density at radius 2 is 1.53 bits per heavy atom. The molecule has 43 heavy (non-hydrogen) atoms. The van der Waals surface area contributed by atoms with Gasteiger partial charge in [-0.05, 0) is 38.6 Å². The van der Waals surface area contributed by atoms with Crippen molar-refractivity contribution < 1.29 is 136 Å². The number of hydrogen-bond donors (Lipinski definition) is 2. The Balaban J connectivity index is -0.0000000568. The summed E-state index contributed by atoms with van der Waals surface area (Å²) >= 11 is 0. The van der Waals surface area contributed by atoms with Crippen molar-refractivity contribution in [1.82, 2.24) is 10.6 Å². The summed E-state index contributed by atoms with van der Waals surface area (Å²) in [6, 6.07) is 0. The van der Waals surface area contributed by atoms with Gasteiger partial charge in [-0.1, -0.05) is 68.0 Å². The molecule has 2 unspecified atom stereocenters. The van der Waals surface area contributed by atoms with Crippen molar-refractivity contribution >= 4 is 6.21 Å². The third kappa shape index (κ3) is 38.8. The van der Waals surface area contributed by atoms with Gasteiger partial charge in [0.25, 0.3) is 0 Å². The molecule has 0 spiro atoms. The Labute approximate surface area is 369 Å². The second-order valence-corrected chi connectivity index (χ2v) is 8.07. The van der Waals surface area contributed by atoms with Gasteiger partial charge in [0.05, 0.1) is 35.8 Å². The summed E-state index contributed by atoms with van der Waals surface area (Å²) in [5, 5.41) is 5.63. The first-order valence-corrected chi connectivity index (χ1v) is 11.6. The van der Waals surface area contributed by atoms with E-state index in [0.717, 1.165) is 24.3 Å². The minimum atomic E-state index is 0. The van der Waals surface area contributed by atoms with Gasteiger partial charge >= 0.3 is 12.5 Å². The number of rotatable bonds is 0. The molecule has 0 aromatic heterocycles. The minimum Gasteiger partial charge on any atom is -0.319 e. The van der Waals surface area contributed by atoms with E-state index in [1.165, 1.54) is 11.1 Å². The molecule has 0 saturated heterocycles. The fourth-order valence-corrected chi connectivity index (χ4v) is 2.29. The molecule has 0 amide bonds. The quantitative estimate of drug-likeness (QED) is 0.240. The fourth-order valence-electron chi connectivity index (χ4n) is 2.29. The van der Waals surface area contributed by atoms with Gasteiger partial charge in [0.15, 0.2) is 12.2 Å². The Morgan fingerprint density at radius 3 is 1.77 bits per heavy atom. The zero-order chi connectivity index (χ0) is 25.7. The van der Waals surface area contributed by atoms with E-state index in [4.69, 9.17) is 4.74 Å². The second kappa shape index (κ2) is 42.7. The summed E-state index contributed by atoms with van der Waals surface area (Å²) < 4.78 is 4.78. The van der Waals surface area contributed by atoms with E-state index in [-0.39, 0.29) is 161 Å². The maximum atomic E-state index is 4.78. The molecule has 0 aromatic rings. The first-order valence-electron chi connectivity index (χ1n) is 11.6. The van der Waals surface area contributed by atoms with Crippen LogP contribution in [0.2, 0.25) is 0 Å². The van der Waals surface area contributed by atoms with Gasteiger partial charge in [-0.15, -0.1) is 10.6 Å². The SMILES string of the molecule is C.C.C.C.CC1=C(C)C=C[C+]=C1.CC1=C[C+]=NC=[C-]1.CC1=[C-]N[C+]=C1.CC1C=[C+]NC[CH-]1.CC1C=[C+]OC[CH-]1.[Y].[Y].[Y].[Y]. The fraction of sp³-hybridized carbons (Fsp3) is 0.400. The molecular weight excluding hydrogens is 834 g/mol. The normalized spacial score (nSPS) is 17.2. The van der Waals surface area contributed by atoms with Crippen molar-refractivity contribution in [3.63, 3.8) is 0 Å². The van der Waals surface area contributed by atoms with E-state index >= 15 is 0 Å². The summed E-state index contributed by atoms with van der Waals surface area (Å²) in [7, 11) is 0. The number of ether oxygens (including phenoxy) is 1. The van der Waals surface area contributed by atoms with E-state index in [1.54, 1.807) is 12.3 Å². The summed E-state index contributed by atoms with van der Waals surface area (Å²) in [5.74, 6) is 1.16. The number of allylic oxidation sites excluding steroid dienone is 13. The molecule has 0 fully saturated rings. The van der Waals surface area contributed by atoms with Crippen LogP contribution in [0.15, 0.2) is 76.0 Å². The molecule has 224 valence electrons. The van der Waals surface area contributed by atoms with Crippen molar-refractivity contribution in [1.29, 1.82) is 0 Å². The third-order valence-electron chi connectivity index (χ3n) is 4.69. The van der Waals surface area contributed by atoms with Gasteiger partial charge in [0.2, 0.25) is 0 Å². The van der Waals surface area contributed by atoms with Crippen molar-refractivity contribution in [3.05, 3.63) is 121 Å². The first kappa shape index (κ1) is 62.5. The molecule has 2 N–H and O–H groups in total. The molecular formula is C35H52N3OY4+. The summed E-state index contributed by atoms with van der Waals surface area (Å²) in [6.45, 7) is 14.1. The van der Waals surface area contributed by atoms with Crippen LogP contribution in [0.3, 0.4) is 0 Å². The Hall–Kier alpha value is 0.696. The molecule has 0 aromatic carbocycles. The van der Waals surface area contributed by atoms with Crippen LogP contribution in [0.5, 0.6) is 0 Å². The third-order valence-corrected chi connectivity index (χ3v) is 4.69. The first-order chi connectivity index (χ1) is 16.9. The van der Waals surface area contributed by atoms with E-state index in [1.807, 2.05) is 44.2 Å². The van der Waals surface area contributed by atoms with Crippen LogP contribution in [0.25, 0.3) is 0 Å². The molecule has 1 aliphatic carbocycles. The largest absolute Gasteiger partial charge is 0.474 e. The molecule has 0 bridgehead atoms. The van der Waals surface area contributed by atoms with Crippen LogP contribution < -0.4 is 10.6 Å². The predicted molar refractivity (Wildman–Crippen MR) is 171 cm³/mol. The number of aliphatic imine (C=N–C) groups is 1. The molecule has 4 nitrogen and oxygen atoms in total. The van der Waals surface area contributed by atoms with Crippen molar-refractivity contribution in [3.8, 4) is 0 Å². The summed E-state index contributed by atoms with van der Waals surface area (Å²) in [4.78, 5) is 3.66. The molecule has 4 aliphatic heterocycles. The zero-order valence-corrected chi connectivity index (χ0v) is 35.4. The Kier molecular flexibility index (Phi) is 62.1. The van der Waals surface area contributed by atoms with Crippen molar-refractivity contribution in [2.45, 2.75) is 71.2 Å². The smallest absolute Gasteiger partial charge is 0.319 e. The minimum absolute atomic E-state index is 0. The van der Waals surface area contributed by atoms with E-state index in [0.29, 0.717) is 11.8 Å². The summed E-state index contributed by atoms with van der Waals surface area (Å²) in [5.41, 5.74) is 4.83. The van der Waals surface area contributed by atoms with Gasteiger partial charge in [-0.25, -0.2) is 5.32 Å². The molecule has 8 heteroatoms. The van der Waals surface area contributed by atoms with Crippen LogP contribution in [0, 0.1) is 61.7 Å². The van der Waals surface area contributed by atoms with E-state index in [2.05, 4.69) is 105 Å². The van der Waals surface area contributed by atoms with Crippen molar-refractivity contribution in [2.24, 2.45) is 16.8 Å². The zero-order valence-electron chi connectivity index (χ0n) is 24.0. The van der Waals surface area contributed by atoms with Gasteiger partial charge in [-0.3, -0.25) is 12.8 Å². The van der Waals surface area contributed by atoms with Crippen LogP contribution >= 0.6 is 0 Å². The van der Waals surface area contributed by atoms with Gasteiger partial charge in [0, 0.05) is 157 Å². The Morgan fingerprint density at radius 1 is 0.884 bits per heavy atom. The number of nitrogens with one attached hydrogen (secondary N) is 2. The maximum absolute atomic E-state index is 4.78. The molecule has 5 aliphatic rings. The van der Waals surface area contributed by atoms with Crippen LogP contribution in [-0.2, 0) is 136 Å². The second-order valence-electron chi connectivity index (χ2n) is 8.07. The van der Waals surface area contributed by atoms with Gasteiger partial charge < -0.3 is 10.1 Å². The topological polar surface area (TPSA) is 45.7 Å². The van der Waals surface area contributed by atoms with Crippen LogP contribution in [0.4, 0.5) is 0 Å². The summed E-state index contributed by atoms with van der Waals surface area (Å²) in [6.07, 6.45) is 39.2. The maximum Gasteiger partial charge on any atom is 0.474 e. The van der Waals surface area contributed by atoms with Gasteiger partial charge in [0.1, 0.15) is 12.2 Å². The monoisotopic (exact) mass is 886 g/mol. The average molecular weight is 886 g/mol. The molecule has 4 radical (unpaired) electrons. The Bertz CT molecular complexity index is 883. The number of hydrogen-bond acceptors (Lipinski definition) is 4. The van der Waals surface area contributed by atoms with Gasteiger partial charge in [-0.2, -0.15) is 0 Å².